The lowest BCUT2D eigenvalue weighted by Crippen LogP contribution is -2.36. The number of halogens is 1. The van der Waals surface area contributed by atoms with Crippen LogP contribution in [0.3, 0.4) is 0 Å². The van der Waals surface area contributed by atoms with Gasteiger partial charge in [-0.1, -0.05) is 41.4 Å². The highest BCUT2D eigenvalue weighted by molar-refractivity contribution is 8.00. The Balaban J connectivity index is 1.86. The smallest absolute Gasteiger partial charge is 0.244 e. The fourth-order valence-electron chi connectivity index (χ4n) is 2.17. The van der Waals surface area contributed by atoms with Crippen LogP contribution in [0.5, 0.6) is 0 Å². The number of nitrogens with one attached hydrogen (secondary N) is 1. The Kier molecular flexibility index (Phi) is 6.91. The molecule has 6 heteroatoms. The van der Waals surface area contributed by atoms with Gasteiger partial charge in [0.25, 0.3) is 0 Å². The average molecular weight is 377 g/mol. The first-order valence-electron chi connectivity index (χ1n) is 7.85. The molecule has 1 N–H and O–H groups in total. The molecule has 25 heavy (non-hydrogen) atoms. The summed E-state index contributed by atoms with van der Waals surface area (Å²) in [6.07, 6.45) is 0. The number of hydrogen-bond acceptors (Lipinski definition) is 3. The molecular formula is C19H21ClN2O2S. The average Bonchev–Trinajstić information content (AvgIpc) is 2.57. The van der Waals surface area contributed by atoms with Crippen molar-refractivity contribution in [3.8, 4) is 0 Å². The molecule has 2 rings (SSSR count). The van der Waals surface area contributed by atoms with Crippen molar-refractivity contribution in [1.82, 2.24) is 4.90 Å². The minimum atomic E-state index is -0.277. The van der Waals surface area contributed by atoms with E-state index in [1.54, 1.807) is 31.3 Å². The van der Waals surface area contributed by atoms with Crippen LogP contribution in [0.2, 0.25) is 5.02 Å². The molecule has 0 radical (unpaired) electrons. The van der Waals surface area contributed by atoms with Crippen molar-refractivity contribution in [1.29, 1.82) is 0 Å². The molecule has 4 nitrogen and oxygen atoms in total. The van der Waals surface area contributed by atoms with Crippen LogP contribution in [0.25, 0.3) is 0 Å². The molecule has 2 amide bonds. The highest BCUT2D eigenvalue weighted by Crippen LogP contribution is 2.24. The van der Waals surface area contributed by atoms with Gasteiger partial charge in [0.2, 0.25) is 11.8 Å². The molecule has 2 aromatic carbocycles. The monoisotopic (exact) mass is 376 g/mol. The summed E-state index contributed by atoms with van der Waals surface area (Å²) >= 11 is 7.50. The van der Waals surface area contributed by atoms with Gasteiger partial charge in [0.05, 0.1) is 23.0 Å². The second-order valence-corrected chi connectivity index (χ2v) is 7.26. The van der Waals surface area contributed by atoms with E-state index < -0.39 is 0 Å². The minimum Gasteiger partial charge on any atom is -0.336 e. The van der Waals surface area contributed by atoms with Crippen molar-refractivity contribution in [2.24, 2.45) is 0 Å². The number of amides is 2. The van der Waals surface area contributed by atoms with Crippen molar-refractivity contribution < 1.29 is 9.59 Å². The van der Waals surface area contributed by atoms with Gasteiger partial charge in [-0.25, -0.2) is 0 Å². The van der Waals surface area contributed by atoms with Crippen molar-refractivity contribution in [2.75, 3.05) is 24.7 Å². The highest BCUT2D eigenvalue weighted by atomic mass is 35.5. The summed E-state index contributed by atoms with van der Waals surface area (Å²) in [4.78, 5) is 26.9. The van der Waals surface area contributed by atoms with Gasteiger partial charge in [-0.3, -0.25) is 9.59 Å². The summed E-state index contributed by atoms with van der Waals surface area (Å²) in [5.74, 6) is -0.0823. The second-order valence-electron chi connectivity index (χ2n) is 5.84. The van der Waals surface area contributed by atoms with Crippen molar-refractivity contribution in [2.45, 2.75) is 18.7 Å². The number of carbonyl (C=O) groups is 2. The molecule has 0 bridgehead atoms. The van der Waals surface area contributed by atoms with E-state index >= 15 is 0 Å². The number of rotatable bonds is 6. The van der Waals surface area contributed by atoms with Gasteiger partial charge < -0.3 is 10.2 Å². The fraction of sp³-hybridized carbons (Fsp3) is 0.263. The van der Waals surface area contributed by atoms with E-state index in [2.05, 4.69) is 11.4 Å². The number of para-hydroxylation sites is 1. The lowest BCUT2D eigenvalue weighted by Gasteiger charge is -2.17. The topological polar surface area (TPSA) is 49.4 Å². The standard InChI is InChI=1S/C19H21ClN2O2S/c1-13-8-9-14(2)17(10-13)25-12-19(24)22(3)11-18(23)21-16-7-5-4-6-15(16)20/h4-10H,11-12H2,1-3H3,(H,21,23). The van der Waals surface area contributed by atoms with E-state index in [0.717, 1.165) is 16.0 Å². The third kappa shape index (κ3) is 5.80. The first-order valence-corrected chi connectivity index (χ1v) is 9.21. The molecule has 0 aliphatic heterocycles. The number of anilines is 1. The molecule has 2 aromatic rings. The normalized spacial score (nSPS) is 10.4. The van der Waals surface area contributed by atoms with E-state index in [1.807, 2.05) is 26.0 Å². The number of nitrogens with zero attached hydrogens (tertiary/aromatic N) is 1. The van der Waals surface area contributed by atoms with Gasteiger partial charge in [-0.2, -0.15) is 0 Å². The van der Waals surface area contributed by atoms with E-state index in [9.17, 15) is 9.59 Å². The Bertz CT molecular complexity index is 780. The number of thioether (sulfide) groups is 1. The maximum Gasteiger partial charge on any atom is 0.244 e. The zero-order valence-electron chi connectivity index (χ0n) is 14.5. The van der Waals surface area contributed by atoms with Crippen LogP contribution in [0.1, 0.15) is 11.1 Å². The Hall–Kier alpha value is -1.98. The van der Waals surface area contributed by atoms with Crippen LogP contribution in [-0.2, 0) is 9.59 Å². The van der Waals surface area contributed by atoms with Gasteiger partial charge >= 0.3 is 0 Å². The van der Waals surface area contributed by atoms with Gasteiger partial charge in [-0.05, 0) is 37.6 Å². The lowest BCUT2D eigenvalue weighted by molar-refractivity contribution is -0.131. The summed E-state index contributed by atoms with van der Waals surface area (Å²) in [6.45, 7) is 4.03. The first-order chi connectivity index (χ1) is 11.9. The maximum atomic E-state index is 12.3. The molecule has 0 aliphatic rings. The quantitative estimate of drug-likeness (QED) is 0.770. The van der Waals surface area contributed by atoms with Gasteiger partial charge in [0, 0.05) is 11.9 Å². The summed E-state index contributed by atoms with van der Waals surface area (Å²) in [7, 11) is 1.62. The van der Waals surface area contributed by atoms with Gasteiger partial charge in [0.1, 0.15) is 0 Å². The molecule has 0 aliphatic carbocycles. The number of hydrogen-bond donors (Lipinski definition) is 1. The zero-order valence-corrected chi connectivity index (χ0v) is 16.1. The molecule has 0 saturated heterocycles. The summed E-state index contributed by atoms with van der Waals surface area (Å²) in [5.41, 5.74) is 2.84. The molecular weight excluding hydrogens is 356 g/mol. The second kappa shape index (κ2) is 8.92. The van der Waals surface area contributed by atoms with E-state index in [0.29, 0.717) is 16.5 Å². The Labute approximate surface area is 157 Å². The number of aryl methyl sites for hydroxylation is 2. The molecule has 0 heterocycles. The molecule has 132 valence electrons. The number of carbonyl (C=O) groups excluding carboxylic acids is 2. The third-order valence-electron chi connectivity index (χ3n) is 3.65. The molecule has 0 unspecified atom stereocenters. The zero-order chi connectivity index (χ0) is 18.4. The summed E-state index contributed by atoms with van der Waals surface area (Å²) in [6, 6.07) is 13.2. The van der Waals surface area contributed by atoms with Crippen LogP contribution in [0.4, 0.5) is 5.69 Å². The molecule has 0 atom stereocenters. The van der Waals surface area contributed by atoms with Crippen LogP contribution < -0.4 is 5.32 Å². The Morgan fingerprint density at radius 2 is 1.88 bits per heavy atom. The Morgan fingerprint density at radius 3 is 2.60 bits per heavy atom. The number of benzene rings is 2. The van der Waals surface area contributed by atoms with Crippen LogP contribution in [-0.4, -0.2) is 36.1 Å². The fourth-order valence-corrected chi connectivity index (χ4v) is 3.42. The van der Waals surface area contributed by atoms with Crippen LogP contribution in [0, 0.1) is 13.8 Å². The van der Waals surface area contributed by atoms with Crippen molar-refractivity contribution in [3.63, 3.8) is 0 Å². The number of likely N-dealkylation sites (N-methyl/N-ethyl adjacent to an activating group) is 1. The maximum absolute atomic E-state index is 12.3. The largest absolute Gasteiger partial charge is 0.336 e. The van der Waals surface area contributed by atoms with E-state index in [-0.39, 0.29) is 18.4 Å². The molecule has 0 saturated carbocycles. The van der Waals surface area contributed by atoms with Crippen LogP contribution >= 0.6 is 23.4 Å². The molecule has 0 aromatic heterocycles. The van der Waals surface area contributed by atoms with Crippen molar-refractivity contribution in [3.05, 3.63) is 58.6 Å². The Morgan fingerprint density at radius 1 is 1.16 bits per heavy atom. The predicted octanol–water partition coefficient (Wildman–Crippen LogP) is 4.15. The van der Waals surface area contributed by atoms with Gasteiger partial charge in [0.15, 0.2) is 0 Å². The van der Waals surface area contributed by atoms with Crippen molar-refractivity contribution >= 4 is 40.9 Å². The van der Waals surface area contributed by atoms with Crippen LogP contribution in [0.15, 0.2) is 47.4 Å². The molecule has 0 fully saturated rings. The first kappa shape index (κ1) is 19.3. The molecule has 0 spiro atoms. The predicted molar refractivity (Wildman–Crippen MR) is 104 cm³/mol. The highest BCUT2D eigenvalue weighted by Gasteiger charge is 2.14. The third-order valence-corrected chi connectivity index (χ3v) is 5.12. The SMILES string of the molecule is Cc1ccc(C)c(SCC(=O)N(C)CC(=O)Nc2ccccc2Cl)c1. The lowest BCUT2D eigenvalue weighted by atomic mass is 10.2. The summed E-state index contributed by atoms with van der Waals surface area (Å²) < 4.78 is 0. The van der Waals surface area contributed by atoms with Gasteiger partial charge in [-0.15, -0.1) is 11.8 Å². The van der Waals surface area contributed by atoms with E-state index in [1.165, 1.54) is 16.7 Å². The minimum absolute atomic E-state index is 0.0165. The summed E-state index contributed by atoms with van der Waals surface area (Å²) in [5, 5.41) is 3.18. The van der Waals surface area contributed by atoms with E-state index in [4.69, 9.17) is 11.6 Å².